The molecule has 0 unspecified atom stereocenters. The third kappa shape index (κ3) is 3.58. The minimum atomic E-state index is -4.50. The molecule has 7 heteroatoms. The molecule has 3 nitrogen and oxygen atoms in total. The highest BCUT2D eigenvalue weighted by Crippen LogP contribution is 2.37. The van der Waals surface area contributed by atoms with Gasteiger partial charge in [-0.2, -0.15) is 13.2 Å². The van der Waals surface area contributed by atoms with E-state index < -0.39 is 30.1 Å². The summed E-state index contributed by atoms with van der Waals surface area (Å²) in [5.41, 5.74) is 3.31. The van der Waals surface area contributed by atoms with E-state index in [9.17, 15) is 13.2 Å². The van der Waals surface area contributed by atoms with Gasteiger partial charge >= 0.3 is 13.3 Å². The van der Waals surface area contributed by atoms with E-state index in [4.69, 9.17) is 15.0 Å². The number of halogens is 3. The van der Waals surface area contributed by atoms with E-state index in [1.807, 2.05) is 41.5 Å². The lowest BCUT2D eigenvalue weighted by Gasteiger charge is -2.32. The van der Waals surface area contributed by atoms with Crippen molar-refractivity contribution in [3.8, 4) is 0 Å². The quantitative estimate of drug-likeness (QED) is 0.636. The molecule has 0 amide bonds. The van der Waals surface area contributed by atoms with Crippen molar-refractivity contribution in [2.24, 2.45) is 0 Å². The lowest BCUT2D eigenvalue weighted by Crippen LogP contribution is -2.41. The predicted molar refractivity (Wildman–Crippen MR) is 82.9 cm³/mol. The van der Waals surface area contributed by atoms with Gasteiger partial charge in [0.25, 0.3) is 0 Å². The van der Waals surface area contributed by atoms with Crippen molar-refractivity contribution in [2.45, 2.75) is 58.9 Å². The summed E-state index contributed by atoms with van der Waals surface area (Å²) in [5, 5.41) is 0. The first-order valence-electron chi connectivity index (χ1n) is 7.26. The summed E-state index contributed by atoms with van der Waals surface area (Å²) in [6, 6.07) is 3.70. The first kappa shape index (κ1) is 18.8. The second-order valence-corrected chi connectivity index (χ2v) is 5.93. The number of alkyl halides is 3. The van der Waals surface area contributed by atoms with Crippen LogP contribution in [-0.2, 0) is 15.5 Å². The van der Waals surface area contributed by atoms with Crippen molar-refractivity contribution < 1.29 is 22.5 Å². The van der Waals surface area contributed by atoms with Gasteiger partial charge in [0.05, 0.1) is 16.8 Å². The Kier molecular flexibility index (Phi) is 5.24. The van der Waals surface area contributed by atoms with E-state index in [2.05, 4.69) is 0 Å². The molecular weight excluding hydrogens is 294 g/mol. The van der Waals surface area contributed by atoms with Gasteiger partial charge < -0.3 is 15.0 Å². The van der Waals surface area contributed by atoms with E-state index >= 15 is 0 Å². The summed E-state index contributed by atoms with van der Waals surface area (Å²) in [5.74, 6) is 0. The average molecular weight is 317 g/mol. The SMILES string of the molecule is CC.CC1(C)OB(c2ccc(N)c(C(F)(F)F)c2)OC1(C)C. The zero-order valence-corrected chi connectivity index (χ0v) is 13.8. The van der Waals surface area contributed by atoms with Gasteiger partial charge in [0.15, 0.2) is 0 Å². The Morgan fingerprint density at radius 1 is 1.00 bits per heavy atom. The normalized spacial score (nSPS) is 19.6. The molecule has 1 fully saturated rings. The predicted octanol–water partition coefficient (Wildman–Crippen LogP) is 3.61. The van der Waals surface area contributed by atoms with Crippen molar-refractivity contribution in [2.75, 3.05) is 5.73 Å². The van der Waals surface area contributed by atoms with Crippen LogP contribution in [0.25, 0.3) is 0 Å². The molecule has 0 aliphatic carbocycles. The maximum Gasteiger partial charge on any atom is 0.494 e. The minimum absolute atomic E-state index is 0.308. The van der Waals surface area contributed by atoms with Gasteiger partial charge in [0.2, 0.25) is 0 Å². The maximum absolute atomic E-state index is 12.9. The third-order valence-electron chi connectivity index (χ3n) is 3.91. The number of rotatable bonds is 1. The molecule has 124 valence electrons. The lowest BCUT2D eigenvalue weighted by molar-refractivity contribution is -0.136. The Bertz CT molecular complexity index is 514. The molecule has 1 aromatic carbocycles. The molecule has 1 aliphatic rings. The number of nitrogens with two attached hydrogens (primary N) is 1. The van der Waals surface area contributed by atoms with Gasteiger partial charge in [-0.05, 0) is 45.3 Å². The first-order chi connectivity index (χ1) is 9.94. The summed E-state index contributed by atoms with van der Waals surface area (Å²) in [4.78, 5) is 0. The topological polar surface area (TPSA) is 44.5 Å². The summed E-state index contributed by atoms with van der Waals surface area (Å²) < 4.78 is 50.0. The van der Waals surface area contributed by atoms with Gasteiger partial charge in [-0.15, -0.1) is 0 Å². The van der Waals surface area contributed by atoms with Crippen LogP contribution in [0.15, 0.2) is 18.2 Å². The fraction of sp³-hybridized carbons (Fsp3) is 0.600. The van der Waals surface area contributed by atoms with Gasteiger partial charge in [-0.3, -0.25) is 0 Å². The number of hydrogen-bond donors (Lipinski definition) is 1. The molecule has 2 N–H and O–H groups in total. The van der Waals surface area contributed by atoms with Crippen LogP contribution in [0.4, 0.5) is 18.9 Å². The third-order valence-corrected chi connectivity index (χ3v) is 3.91. The number of benzene rings is 1. The summed E-state index contributed by atoms with van der Waals surface area (Å²) >= 11 is 0. The number of hydrogen-bond acceptors (Lipinski definition) is 3. The summed E-state index contributed by atoms with van der Waals surface area (Å²) in [6.45, 7) is 11.4. The van der Waals surface area contributed by atoms with Crippen LogP contribution < -0.4 is 11.2 Å². The van der Waals surface area contributed by atoms with Gasteiger partial charge in [-0.1, -0.05) is 19.9 Å². The molecule has 1 heterocycles. The lowest BCUT2D eigenvalue weighted by atomic mass is 9.78. The molecule has 1 aromatic rings. The minimum Gasteiger partial charge on any atom is -0.399 e. The fourth-order valence-electron chi connectivity index (χ4n) is 1.95. The van der Waals surface area contributed by atoms with Crippen molar-refractivity contribution in [3.05, 3.63) is 23.8 Å². The Morgan fingerprint density at radius 3 is 1.86 bits per heavy atom. The number of anilines is 1. The van der Waals surface area contributed by atoms with Crippen LogP contribution in [0, 0.1) is 0 Å². The van der Waals surface area contributed by atoms with Crippen molar-refractivity contribution in [3.63, 3.8) is 0 Å². The Labute approximate surface area is 130 Å². The highest BCUT2D eigenvalue weighted by molar-refractivity contribution is 6.62. The molecule has 1 aliphatic heterocycles. The average Bonchev–Trinajstić information content (AvgIpc) is 2.60. The van der Waals surface area contributed by atoms with E-state index in [1.165, 1.54) is 12.1 Å². The fourth-order valence-corrected chi connectivity index (χ4v) is 1.95. The van der Waals surface area contributed by atoms with Crippen LogP contribution in [0.2, 0.25) is 0 Å². The van der Waals surface area contributed by atoms with E-state index in [0.717, 1.165) is 6.07 Å². The van der Waals surface area contributed by atoms with Crippen LogP contribution in [-0.4, -0.2) is 18.3 Å². The zero-order valence-electron chi connectivity index (χ0n) is 13.8. The Hall–Kier alpha value is -1.21. The molecule has 0 atom stereocenters. The van der Waals surface area contributed by atoms with Crippen LogP contribution >= 0.6 is 0 Å². The number of nitrogen functional groups attached to an aromatic ring is 1. The maximum atomic E-state index is 12.9. The van der Waals surface area contributed by atoms with Crippen molar-refractivity contribution in [1.82, 2.24) is 0 Å². The van der Waals surface area contributed by atoms with Crippen LogP contribution in [0.1, 0.15) is 47.1 Å². The zero-order chi connectivity index (χ0) is 17.3. The molecular formula is C15H23BF3NO2. The highest BCUT2D eigenvalue weighted by atomic mass is 19.4. The standard InChI is InChI=1S/C13H17BF3NO2.C2H6/c1-11(2)12(3,4)20-14(19-11)8-5-6-10(18)9(7-8)13(15,16)17;1-2/h5-7H,18H2,1-4H3;1-2H3. The smallest absolute Gasteiger partial charge is 0.399 e. The van der Waals surface area contributed by atoms with E-state index in [0.29, 0.717) is 5.46 Å². The van der Waals surface area contributed by atoms with Crippen LogP contribution in [0.5, 0.6) is 0 Å². The van der Waals surface area contributed by atoms with Crippen molar-refractivity contribution in [1.29, 1.82) is 0 Å². The molecule has 0 radical (unpaired) electrons. The van der Waals surface area contributed by atoms with E-state index in [-0.39, 0.29) is 5.69 Å². The molecule has 0 saturated carbocycles. The summed E-state index contributed by atoms with van der Waals surface area (Å²) in [6.07, 6.45) is -4.50. The molecule has 0 bridgehead atoms. The molecule has 1 saturated heterocycles. The molecule has 0 aromatic heterocycles. The molecule has 22 heavy (non-hydrogen) atoms. The van der Waals surface area contributed by atoms with Gasteiger partial charge in [0.1, 0.15) is 0 Å². The first-order valence-corrected chi connectivity index (χ1v) is 7.26. The summed E-state index contributed by atoms with van der Waals surface area (Å²) in [7, 11) is -0.832. The Balaban J connectivity index is 0.00000116. The highest BCUT2D eigenvalue weighted by Gasteiger charge is 2.52. The van der Waals surface area contributed by atoms with Gasteiger partial charge in [-0.25, -0.2) is 0 Å². The van der Waals surface area contributed by atoms with Crippen molar-refractivity contribution >= 4 is 18.3 Å². The van der Waals surface area contributed by atoms with Crippen LogP contribution in [0.3, 0.4) is 0 Å². The van der Waals surface area contributed by atoms with E-state index in [1.54, 1.807) is 0 Å². The largest absolute Gasteiger partial charge is 0.494 e. The second kappa shape index (κ2) is 6.12. The second-order valence-electron chi connectivity index (χ2n) is 5.93. The Morgan fingerprint density at radius 2 is 1.45 bits per heavy atom. The monoisotopic (exact) mass is 317 g/mol. The molecule has 2 rings (SSSR count). The van der Waals surface area contributed by atoms with Gasteiger partial charge in [0, 0.05) is 5.69 Å². The molecule has 0 spiro atoms.